The Morgan fingerprint density at radius 2 is 2.31 bits per heavy atom. The van der Waals surface area contributed by atoms with Crippen molar-refractivity contribution in [3.05, 3.63) is 0 Å². The molecule has 1 rings (SSSR count). The zero-order valence-corrected chi connectivity index (χ0v) is 7.95. The molecule has 0 amide bonds. The lowest BCUT2D eigenvalue weighted by molar-refractivity contribution is -0.145. The fraction of sp³-hybridized carbons (Fsp3) is 0.889. The maximum absolute atomic E-state index is 10.5. The lowest BCUT2D eigenvalue weighted by Crippen LogP contribution is -2.44. The van der Waals surface area contributed by atoms with Crippen LogP contribution in [-0.2, 0) is 9.53 Å². The Morgan fingerprint density at radius 3 is 2.85 bits per heavy atom. The number of rotatable bonds is 6. The first-order valence-corrected chi connectivity index (χ1v) is 4.69. The van der Waals surface area contributed by atoms with Crippen molar-refractivity contribution >= 4 is 5.97 Å². The summed E-state index contributed by atoms with van der Waals surface area (Å²) in [5, 5.41) is 11.9. The van der Waals surface area contributed by atoms with Crippen LogP contribution in [0.25, 0.3) is 0 Å². The minimum atomic E-state index is -0.657. The molecule has 13 heavy (non-hydrogen) atoms. The molecule has 2 N–H and O–H groups in total. The Labute approximate surface area is 78.3 Å². The van der Waals surface area contributed by atoms with Gasteiger partial charge in [-0.25, -0.2) is 0 Å². The maximum atomic E-state index is 10.5. The summed E-state index contributed by atoms with van der Waals surface area (Å²) >= 11 is 0. The molecule has 4 nitrogen and oxygen atoms in total. The highest BCUT2D eigenvalue weighted by Crippen LogP contribution is 2.27. The van der Waals surface area contributed by atoms with Crippen LogP contribution in [0.3, 0.4) is 0 Å². The smallest absolute Gasteiger partial charge is 0.306 e. The van der Waals surface area contributed by atoms with E-state index in [2.05, 4.69) is 5.32 Å². The monoisotopic (exact) mass is 187 g/mol. The molecule has 0 atom stereocenters. The second-order valence-corrected chi connectivity index (χ2v) is 3.50. The molecule has 4 heteroatoms. The van der Waals surface area contributed by atoms with E-state index in [9.17, 15) is 4.79 Å². The van der Waals surface area contributed by atoms with Crippen molar-refractivity contribution in [1.82, 2.24) is 5.32 Å². The minimum absolute atomic E-state index is 0.111. The Hall–Kier alpha value is -0.610. The van der Waals surface area contributed by atoms with Crippen LogP contribution in [0.5, 0.6) is 0 Å². The Balaban J connectivity index is 1.93. The van der Waals surface area contributed by atoms with Crippen LogP contribution in [0, 0.1) is 5.92 Å². The average Bonchev–Trinajstić information content (AvgIpc) is 2.00. The van der Waals surface area contributed by atoms with Crippen LogP contribution in [0.4, 0.5) is 0 Å². The molecular formula is C9H17NO3. The van der Waals surface area contributed by atoms with Gasteiger partial charge in [0.25, 0.3) is 0 Å². The first-order valence-electron chi connectivity index (χ1n) is 4.69. The molecule has 0 radical (unpaired) electrons. The number of carboxylic acids is 1. The number of ether oxygens (including phenoxy) is 1. The third-order valence-electron chi connectivity index (χ3n) is 2.45. The van der Waals surface area contributed by atoms with Gasteiger partial charge in [0.1, 0.15) is 0 Å². The molecule has 1 aliphatic rings. The van der Waals surface area contributed by atoms with E-state index < -0.39 is 5.97 Å². The van der Waals surface area contributed by atoms with Gasteiger partial charge >= 0.3 is 5.97 Å². The number of hydrogen-bond acceptors (Lipinski definition) is 3. The maximum Gasteiger partial charge on any atom is 0.306 e. The molecule has 76 valence electrons. The summed E-state index contributed by atoms with van der Waals surface area (Å²) in [5.41, 5.74) is 0. The normalized spacial score (nSPS) is 26.8. The van der Waals surface area contributed by atoms with Crippen molar-refractivity contribution in [2.24, 2.45) is 5.92 Å². The van der Waals surface area contributed by atoms with Crippen LogP contribution < -0.4 is 5.32 Å². The van der Waals surface area contributed by atoms with Gasteiger partial charge in [0, 0.05) is 19.8 Å². The highest BCUT2D eigenvalue weighted by Gasteiger charge is 2.33. The van der Waals surface area contributed by atoms with E-state index in [1.165, 1.54) is 0 Å². The van der Waals surface area contributed by atoms with Crippen LogP contribution >= 0.6 is 0 Å². The van der Waals surface area contributed by atoms with Gasteiger partial charge in [0.05, 0.1) is 5.92 Å². The lowest BCUT2D eigenvalue weighted by atomic mass is 9.80. The number of carboxylic acid groups (broad SMARTS) is 1. The SMILES string of the molecule is COCCCNC1CC(C(=O)O)C1. The molecule has 0 bridgehead atoms. The van der Waals surface area contributed by atoms with Gasteiger partial charge in [-0.05, 0) is 25.8 Å². The Morgan fingerprint density at radius 1 is 1.62 bits per heavy atom. The molecule has 0 aromatic rings. The average molecular weight is 187 g/mol. The molecule has 1 aliphatic carbocycles. The first kappa shape index (κ1) is 10.5. The summed E-state index contributed by atoms with van der Waals surface area (Å²) in [6.07, 6.45) is 2.55. The van der Waals surface area contributed by atoms with Crippen molar-refractivity contribution in [2.45, 2.75) is 25.3 Å². The number of carbonyl (C=O) groups is 1. The highest BCUT2D eigenvalue weighted by atomic mass is 16.5. The van der Waals surface area contributed by atoms with Crippen molar-refractivity contribution in [3.8, 4) is 0 Å². The number of methoxy groups -OCH3 is 1. The zero-order chi connectivity index (χ0) is 9.68. The number of hydrogen-bond donors (Lipinski definition) is 2. The van der Waals surface area contributed by atoms with E-state index in [-0.39, 0.29) is 5.92 Å². The second-order valence-electron chi connectivity index (χ2n) is 3.50. The third kappa shape index (κ3) is 3.32. The highest BCUT2D eigenvalue weighted by molar-refractivity contribution is 5.71. The predicted molar refractivity (Wildman–Crippen MR) is 48.6 cm³/mol. The summed E-state index contributed by atoms with van der Waals surface area (Å²) in [6, 6.07) is 0.415. The predicted octanol–water partition coefficient (Wildman–Crippen LogP) is 0.476. The van der Waals surface area contributed by atoms with Gasteiger partial charge in [-0.15, -0.1) is 0 Å². The Kier molecular flexibility index (Phi) is 4.18. The van der Waals surface area contributed by atoms with Gasteiger partial charge in [-0.3, -0.25) is 4.79 Å². The summed E-state index contributed by atoms with van der Waals surface area (Å²) in [6.45, 7) is 1.69. The van der Waals surface area contributed by atoms with E-state index >= 15 is 0 Å². The van der Waals surface area contributed by atoms with Gasteiger partial charge in [-0.2, -0.15) is 0 Å². The summed E-state index contributed by atoms with van der Waals surface area (Å²) < 4.78 is 4.90. The fourth-order valence-corrected chi connectivity index (χ4v) is 1.51. The summed E-state index contributed by atoms with van der Waals surface area (Å²) in [5.74, 6) is -0.769. The van der Waals surface area contributed by atoms with Crippen LogP contribution in [-0.4, -0.2) is 37.4 Å². The van der Waals surface area contributed by atoms with Crippen molar-refractivity contribution < 1.29 is 14.6 Å². The van der Waals surface area contributed by atoms with Gasteiger partial charge in [0.2, 0.25) is 0 Å². The van der Waals surface area contributed by atoms with Gasteiger partial charge in [0.15, 0.2) is 0 Å². The third-order valence-corrected chi connectivity index (χ3v) is 2.45. The molecule has 0 spiro atoms. The van der Waals surface area contributed by atoms with E-state index in [0.29, 0.717) is 6.04 Å². The molecular weight excluding hydrogens is 170 g/mol. The van der Waals surface area contributed by atoms with Crippen LogP contribution in [0.2, 0.25) is 0 Å². The van der Waals surface area contributed by atoms with Gasteiger partial charge < -0.3 is 15.2 Å². The van der Waals surface area contributed by atoms with Crippen LogP contribution in [0.15, 0.2) is 0 Å². The number of nitrogens with one attached hydrogen (secondary N) is 1. The Bertz CT molecular complexity index is 166. The zero-order valence-electron chi connectivity index (χ0n) is 7.95. The fourth-order valence-electron chi connectivity index (χ4n) is 1.51. The second kappa shape index (κ2) is 5.19. The van der Waals surface area contributed by atoms with E-state index in [0.717, 1.165) is 32.4 Å². The molecule has 0 aromatic carbocycles. The molecule has 0 aromatic heterocycles. The quantitative estimate of drug-likeness (QED) is 0.594. The standard InChI is InChI=1S/C9H17NO3/c1-13-4-2-3-10-8-5-7(6-8)9(11)12/h7-8,10H,2-6H2,1H3,(H,11,12). The molecule has 0 heterocycles. The lowest BCUT2D eigenvalue weighted by Gasteiger charge is -2.33. The minimum Gasteiger partial charge on any atom is -0.481 e. The van der Waals surface area contributed by atoms with Crippen molar-refractivity contribution in [3.63, 3.8) is 0 Å². The summed E-state index contributed by atoms with van der Waals surface area (Å²) in [7, 11) is 1.68. The first-order chi connectivity index (χ1) is 6.24. The molecule has 0 aliphatic heterocycles. The molecule has 1 saturated carbocycles. The van der Waals surface area contributed by atoms with Crippen molar-refractivity contribution in [2.75, 3.05) is 20.3 Å². The molecule has 0 saturated heterocycles. The van der Waals surface area contributed by atoms with Crippen molar-refractivity contribution in [1.29, 1.82) is 0 Å². The van der Waals surface area contributed by atoms with E-state index in [4.69, 9.17) is 9.84 Å². The summed E-state index contributed by atoms with van der Waals surface area (Å²) in [4.78, 5) is 10.5. The van der Waals surface area contributed by atoms with E-state index in [1.54, 1.807) is 7.11 Å². The largest absolute Gasteiger partial charge is 0.481 e. The topological polar surface area (TPSA) is 58.6 Å². The molecule has 0 unspecified atom stereocenters. The number of aliphatic carboxylic acids is 1. The van der Waals surface area contributed by atoms with Crippen LogP contribution in [0.1, 0.15) is 19.3 Å². The molecule has 1 fully saturated rings. The van der Waals surface area contributed by atoms with Gasteiger partial charge in [-0.1, -0.05) is 0 Å². The van der Waals surface area contributed by atoms with E-state index in [1.807, 2.05) is 0 Å².